The highest BCUT2D eigenvalue weighted by Crippen LogP contribution is 2.37. The van der Waals surface area contributed by atoms with E-state index < -0.39 is 18.2 Å². The zero-order valence-electron chi connectivity index (χ0n) is 49.4. The minimum atomic E-state index is -0.906. The van der Waals surface area contributed by atoms with E-state index in [-0.39, 0.29) is 60.9 Å². The van der Waals surface area contributed by atoms with Crippen molar-refractivity contribution in [2.45, 2.75) is 144 Å². The number of β-amino-alcohol motifs (C(OH)–C–C–N with tert-alkyl or cyclic N) is 1. The van der Waals surface area contributed by atoms with Crippen molar-refractivity contribution < 1.29 is 43.2 Å². The fourth-order valence-corrected chi connectivity index (χ4v) is 12.2. The molecule has 0 radical (unpaired) electrons. The molecule has 16 nitrogen and oxygen atoms in total. The van der Waals surface area contributed by atoms with Crippen molar-refractivity contribution in [3.05, 3.63) is 151 Å². The number of hydrogen-bond acceptors (Lipinski definition) is 12. The number of aromatic amines is 1. The third kappa shape index (κ3) is 14.3. The van der Waals surface area contributed by atoms with Crippen molar-refractivity contribution in [1.29, 1.82) is 0 Å². The minimum Gasteiger partial charge on any atom is -0.494 e. The third-order valence-corrected chi connectivity index (χ3v) is 16.7. The smallest absolute Gasteiger partial charge is 0.255 e. The summed E-state index contributed by atoms with van der Waals surface area (Å²) in [6.45, 7) is 18.4. The fourth-order valence-electron chi connectivity index (χ4n) is 12.2. The molecular formula is C67H82N6O10. The number of carbonyl (C=O) groups is 4. The van der Waals surface area contributed by atoms with Crippen LogP contribution < -0.4 is 25.2 Å². The number of allylic oxidation sites excluding steroid dienone is 2. The van der Waals surface area contributed by atoms with Crippen LogP contribution in [0.15, 0.2) is 100 Å². The highest BCUT2D eigenvalue weighted by molar-refractivity contribution is 6.02. The number of benzene rings is 4. The van der Waals surface area contributed by atoms with E-state index in [1.54, 1.807) is 11.0 Å². The predicted molar refractivity (Wildman–Crippen MR) is 323 cm³/mol. The minimum absolute atomic E-state index is 0.00305. The Morgan fingerprint density at radius 3 is 2.33 bits per heavy atom. The average Bonchev–Trinajstić information content (AvgIpc) is 3.35. The lowest BCUT2D eigenvalue weighted by atomic mass is 9.92. The van der Waals surface area contributed by atoms with Crippen LogP contribution in [0.2, 0.25) is 0 Å². The third-order valence-electron chi connectivity index (χ3n) is 16.7. The number of aliphatic imine (C=N–C) groups is 1. The average molecular weight is 1130 g/mol. The number of likely N-dealkylation sites (tertiary alicyclic amines) is 1. The van der Waals surface area contributed by atoms with Crippen LogP contribution in [-0.2, 0) is 38.6 Å². The number of aromatic nitrogens is 1. The van der Waals surface area contributed by atoms with E-state index in [0.29, 0.717) is 93.9 Å². The summed E-state index contributed by atoms with van der Waals surface area (Å²) in [4.78, 5) is 81.6. The maximum absolute atomic E-state index is 14.3. The number of fused-ring (bicyclic) bond motifs is 1. The predicted octanol–water partition coefficient (Wildman–Crippen LogP) is 9.90. The van der Waals surface area contributed by atoms with Gasteiger partial charge in [-0.15, -0.1) is 0 Å². The molecule has 0 spiro atoms. The molecule has 9 rings (SSSR count). The van der Waals surface area contributed by atoms with Gasteiger partial charge in [0.15, 0.2) is 5.78 Å². The number of ether oxygens (including phenoxy) is 4. The Hall–Kier alpha value is -7.40. The summed E-state index contributed by atoms with van der Waals surface area (Å²) in [5, 5.41) is 13.9. The van der Waals surface area contributed by atoms with Crippen LogP contribution in [-0.4, -0.2) is 127 Å². The molecule has 1 unspecified atom stereocenters. The molecule has 3 atom stereocenters. The van der Waals surface area contributed by atoms with E-state index >= 15 is 0 Å². The van der Waals surface area contributed by atoms with Gasteiger partial charge >= 0.3 is 0 Å². The highest BCUT2D eigenvalue weighted by Gasteiger charge is 2.46. The number of hydrogen-bond donors (Lipinski definition) is 3. The van der Waals surface area contributed by atoms with Crippen molar-refractivity contribution in [2.24, 2.45) is 10.9 Å². The van der Waals surface area contributed by atoms with Crippen LogP contribution in [0.1, 0.15) is 139 Å². The lowest BCUT2D eigenvalue weighted by molar-refractivity contribution is -0.143. The van der Waals surface area contributed by atoms with Crippen LogP contribution in [0.4, 0.5) is 5.69 Å². The van der Waals surface area contributed by atoms with Gasteiger partial charge < -0.3 is 49.1 Å². The maximum Gasteiger partial charge on any atom is 0.255 e. The van der Waals surface area contributed by atoms with Crippen molar-refractivity contribution in [2.75, 3.05) is 57.6 Å². The Labute approximate surface area is 488 Å². The first-order valence-electron chi connectivity index (χ1n) is 29.8. The summed E-state index contributed by atoms with van der Waals surface area (Å²) in [5.41, 5.74) is 12.1. The fraction of sp³-hybridized carbons (Fsp3) is 0.463. The van der Waals surface area contributed by atoms with Crippen molar-refractivity contribution in [3.8, 4) is 22.6 Å². The number of Topliss-reactive ketones (excluding diaryl/α,β-unsaturated/α-hetero) is 1. The quantitative estimate of drug-likeness (QED) is 0.0353. The zero-order chi connectivity index (χ0) is 58.7. The summed E-state index contributed by atoms with van der Waals surface area (Å²) in [6, 6.07) is 26.1. The molecule has 83 heavy (non-hydrogen) atoms. The van der Waals surface area contributed by atoms with Gasteiger partial charge in [-0.3, -0.25) is 29.0 Å². The number of aliphatic hydroxyl groups excluding tert-OH is 1. The summed E-state index contributed by atoms with van der Waals surface area (Å²) >= 11 is 0. The summed E-state index contributed by atoms with van der Waals surface area (Å²) in [5.74, 6) is 0.230. The van der Waals surface area contributed by atoms with E-state index in [4.69, 9.17) is 18.9 Å². The number of rotatable bonds is 26. The van der Waals surface area contributed by atoms with E-state index in [0.717, 1.165) is 99.6 Å². The first-order chi connectivity index (χ1) is 40.1. The van der Waals surface area contributed by atoms with Gasteiger partial charge in [-0.1, -0.05) is 56.3 Å². The van der Waals surface area contributed by atoms with Gasteiger partial charge in [0.2, 0.25) is 11.8 Å². The second-order valence-corrected chi connectivity index (χ2v) is 22.9. The van der Waals surface area contributed by atoms with Crippen LogP contribution in [0.3, 0.4) is 0 Å². The molecular weight excluding hydrogens is 1050 g/mol. The largest absolute Gasteiger partial charge is 0.494 e. The topological polar surface area (TPSA) is 192 Å². The van der Waals surface area contributed by atoms with Crippen molar-refractivity contribution >= 4 is 41.0 Å². The SMILES string of the molecule is CCN(c1cc(-c2ccc(OCCCCOCCCOc3cc(C4=C(C)N=CC4)ccc3CNC(=O)C3C[C@@H](O)CN3C(=O)[C@H](C(C)C)N3Cc4ccccc4C3=O)cc2)cc(C(=O)CCc2c(C)cc(C)[nH]c2=O)c1C)C1CCOCC1. The standard InChI is InChI=1S/C67H82N6O10/c1-8-71(52-25-32-81-33-26-52)59-36-51(35-58(45(59)6)61(75)23-22-55-43(4)34-44(5)70-64(55)76)47-18-20-54(21-19-47)82-30-12-11-28-80-29-13-31-83-62-37-48(56-24-27-68-46(56)7)16-17-49(62)39-69-65(77)60-38-53(74)41-72(60)67(79)63(42(2)3)73-40-50-14-9-10-15-57(50)66(73)78/h9-10,14-21,27,34-37,42,52-53,60,63,74H,8,11-13,22-26,28-33,38-41H2,1-7H3,(H,69,77)(H,70,76)/t53-,60?,63+/m1/s1. The van der Waals surface area contributed by atoms with Gasteiger partial charge in [0.1, 0.15) is 23.6 Å². The Bertz CT molecular complexity index is 3270. The number of nitrogens with zero attached hydrogens (tertiary/aromatic N) is 4. The van der Waals surface area contributed by atoms with Crippen LogP contribution >= 0.6 is 0 Å². The molecule has 16 heteroatoms. The number of carbonyl (C=O) groups excluding carboxylic acids is 4. The number of anilines is 1. The maximum atomic E-state index is 14.3. The van der Waals surface area contributed by atoms with E-state index in [2.05, 4.69) is 33.2 Å². The van der Waals surface area contributed by atoms with Gasteiger partial charge in [-0.25, -0.2) is 0 Å². The van der Waals surface area contributed by atoms with E-state index in [1.807, 2.05) is 121 Å². The number of H-pyrrole nitrogens is 1. The number of amides is 3. The lowest BCUT2D eigenvalue weighted by Crippen LogP contribution is -2.55. The molecule has 440 valence electrons. The van der Waals surface area contributed by atoms with Crippen LogP contribution in [0, 0.1) is 26.7 Å². The summed E-state index contributed by atoms with van der Waals surface area (Å²) in [7, 11) is 0. The molecule has 0 saturated carbocycles. The highest BCUT2D eigenvalue weighted by atomic mass is 16.5. The first-order valence-corrected chi connectivity index (χ1v) is 29.8. The molecule has 5 heterocycles. The molecule has 0 aliphatic carbocycles. The normalized spacial score (nSPS) is 17.4. The molecule has 2 fully saturated rings. The molecule has 4 aromatic carbocycles. The Kier molecular flexibility index (Phi) is 20.2. The number of pyridine rings is 1. The van der Waals surface area contributed by atoms with Crippen molar-refractivity contribution in [3.63, 3.8) is 0 Å². The van der Waals surface area contributed by atoms with Gasteiger partial charge in [0.05, 0.1) is 19.3 Å². The number of nitrogens with one attached hydrogen (secondary N) is 2. The van der Waals surface area contributed by atoms with Gasteiger partial charge in [-0.05, 0) is 154 Å². The van der Waals surface area contributed by atoms with Gasteiger partial charge in [0.25, 0.3) is 11.5 Å². The Morgan fingerprint density at radius 2 is 1.60 bits per heavy atom. The second kappa shape index (κ2) is 27.8. The van der Waals surface area contributed by atoms with Gasteiger partial charge in [-0.2, -0.15) is 0 Å². The molecule has 3 amide bonds. The number of ketones is 1. The molecule has 5 aromatic rings. The van der Waals surface area contributed by atoms with Crippen molar-refractivity contribution in [1.82, 2.24) is 20.1 Å². The summed E-state index contributed by atoms with van der Waals surface area (Å²) in [6.07, 6.45) is 6.51. The Balaban J connectivity index is 0.753. The molecule has 3 N–H and O–H groups in total. The van der Waals surface area contributed by atoms with Gasteiger partial charge in [0, 0.05) is 130 Å². The van der Waals surface area contributed by atoms with E-state index in [9.17, 15) is 29.1 Å². The molecule has 2 saturated heterocycles. The lowest BCUT2D eigenvalue weighted by Gasteiger charge is -2.37. The molecule has 1 aromatic heterocycles. The molecule has 4 aliphatic heterocycles. The number of aliphatic hydroxyl groups is 1. The van der Waals surface area contributed by atoms with Crippen LogP contribution in [0.25, 0.3) is 16.7 Å². The monoisotopic (exact) mass is 1130 g/mol. The molecule has 4 aliphatic rings. The van der Waals surface area contributed by atoms with Crippen LogP contribution in [0.5, 0.6) is 11.5 Å². The number of aryl methyl sites for hydroxylation is 2. The molecule has 0 bridgehead atoms. The Morgan fingerprint density at radius 1 is 0.867 bits per heavy atom. The first kappa shape index (κ1) is 60.2. The van der Waals surface area contributed by atoms with E-state index in [1.165, 1.54) is 4.90 Å². The summed E-state index contributed by atoms with van der Waals surface area (Å²) < 4.78 is 24.3. The number of unbranched alkanes of at least 4 members (excludes halogenated alkanes) is 1. The zero-order valence-corrected chi connectivity index (χ0v) is 49.4. The second-order valence-electron chi connectivity index (χ2n) is 22.9.